The number of H-pyrrole nitrogens is 1. The molecule has 7 heteroatoms. The molecule has 0 saturated heterocycles. The average Bonchev–Trinajstić information content (AvgIpc) is 3.20. The van der Waals surface area contributed by atoms with Crippen molar-refractivity contribution in [2.24, 2.45) is 7.05 Å². The fraction of sp³-hybridized carbons (Fsp3) is 0.111. The first-order chi connectivity index (χ1) is 12.1. The van der Waals surface area contributed by atoms with Gasteiger partial charge in [0.25, 0.3) is 5.91 Å². The summed E-state index contributed by atoms with van der Waals surface area (Å²) in [6.45, 7) is 1.96. The molecule has 0 radical (unpaired) electrons. The van der Waals surface area contributed by atoms with E-state index in [2.05, 4.69) is 25.4 Å². The Morgan fingerprint density at radius 2 is 2.08 bits per heavy atom. The van der Waals surface area contributed by atoms with Crippen molar-refractivity contribution in [2.45, 2.75) is 6.92 Å². The third-order valence-corrected chi connectivity index (χ3v) is 3.92. The van der Waals surface area contributed by atoms with Gasteiger partial charge in [-0.05, 0) is 25.1 Å². The molecule has 0 bridgehead atoms. The summed E-state index contributed by atoms with van der Waals surface area (Å²) in [4.78, 5) is 24.1. The van der Waals surface area contributed by atoms with Crippen molar-refractivity contribution in [3.63, 3.8) is 0 Å². The first-order valence-electron chi connectivity index (χ1n) is 7.80. The minimum absolute atomic E-state index is 0.239. The first kappa shape index (κ1) is 15.1. The number of aryl methyl sites for hydroxylation is 2. The van der Waals surface area contributed by atoms with Gasteiger partial charge in [0, 0.05) is 54.0 Å². The lowest BCUT2D eigenvalue weighted by atomic mass is 10.2. The van der Waals surface area contributed by atoms with Crippen LogP contribution in [0.2, 0.25) is 0 Å². The molecule has 0 spiro atoms. The van der Waals surface area contributed by atoms with Gasteiger partial charge < -0.3 is 10.3 Å². The lowest BCUT2D eigenvalue weighted by Crippen LogP contribution is -2.12. The maximum atomic E-state index is 12.2. The number of aromatic amines is 1. The van der Waals surface area contributed by atoms with E-state index in [1.54, 1.807) is 30.3 Å². The van der Waals surface area contributed by atoms with Gasteiger partial charge in [0.15, 0.2) is 0 Å². The molecule has 4 heterocycles. The molecule has 0 aromatic carbocycles. The number of nitrogens with one attached hydrogen (secondary N) is 2. The Labute approximate surface area is 143 Å². The minimum Gasteiger partial charge on any atom is -0.354 e. The standard InChI is InChI=1S/C18H16N6O/c1-11-5-12(3-4-19-11)15-6-13-8-20-17(7-16(13)22-15)23-18(25)14-9-21-24(2)10-14/h3-10,22H,1-2H3,(H,20,23,25). The van der Waals surface area contributed by atoms with Gasteiger partial charge in [0.05, 0.1) is 17.3 Å². The third-order valence-electron chi connectivity index (χ3n) is 3.92. The van der Waals surface area contributed by atoms with Crippen LogP contribution >= 0.6 is 0 Å². The molecule has 0 saturated carbocycles. The number of hydrogen-bond acceptors (Lipinski definition) is 4. The fourth-order valence-electron chi connectivity index (χ4n) is 2.69. The Bertz CT molecular complexity index is 1080. The third kappa shape index (κ3) is 2.99. The molecule has 4 rings (SSSR count). The van der Waals surface area contributed by atoms with Gasteiger partial charge in [0.1, 0.15) is 5.82 Å². The van der Waals surface area contributed by atoms with Crippen LogP contribution < -0.4 is 5.32 Å². The van der Waals surface area contributed by atoms with Crippen LogP contribution in [0.4, 0.5) is 5.82 Å². The predicted molar refractivity (Wildman–Crippen MR) is 95.2 cm³/mol. The molecule has 4 aromatic heterocycles. The van der Waals surface area contributed by atoms with Gasteiger partial charge in [0.2, 0.25) is 0 Å². The maximum absolute atomic E-state index is 12.2. The molecule has 7 nitrogen and oxygen atoms in total. The van der Waals surface area contributed by atoms with Gasteiger partial charge in [-0.25, -0.2) is 4.98 Å². The highest BCUT2D eigenvalue weighted by Crippen LogP contribution is 2.25. The quantitative estimate of drug-likeness (QED) is 0.604. The molecule has 4 aromatic rings. The molecular formula is C18H16N6O. The van der Waals surface area contributed by atoms with Crippen LogP contribution in [0, 0.1) is 6.92 Å². The van der Waals surface area contributed by atoms with E-state index in [0.29, 0.717) is 11.4 Å². The van der Waals surface area contributed by atoms with Crippen LogP contribution in [-0.2, 0) is 7.05 Å². The number of aromatic nitrogens is 5. The van der Waals surface area contributed by atoms with E-state index < -0.39 is 0 Å². The number of amides is 1. The van der Waals surface area contributed by atoms with Gasteiger partial charge in [-0.2, -0.15) is 5.10 Å². The number of hydrogen-bond donors (Lipinski definition) is 2. The van der Waals surface area contributed by atoms with E-state index in [4.69, 9.17) is 0 Å². The Balaban J connectivity index is 1.63. The van der Waals surface area contributed by atoms with E-state index in [9.17, 15) is 4.79 Å². The molecule has 0 aliphatic carbocycles. The molecule has 124 valence electrons. The summed E-state index contributed by atoms with van der Waals surface area (Å²) in [5.41, 5.74) is 4.39. The number of pyridine rings is 2. The van der Waals surface area contributed by atoms with Crippen LogP contribution in [0.1, 0.15) is 16.1 Å². The number of carbonyl (C=O) groups is 1. The summed E-state index contributed by atoms with van der Waals surface area (Å²) in [5, 5.41) is 7.76. The van der Waals surface area contributed by atoms with Gasteiger partial charge in [-0.3, -0.25) is 14.5 Å². The first-order valence-corrected chi connectivity index (χ1v) is 7.80. The van der Waals surface area contributed by atoms with Crippen molar-refractivity contribution in [3.8, 4) is 11.3 Å². The molecule has 2 N–H and O–H groups in total. The molecule has 1 amide bonds. The van der Waals surface area contributed by atoms with Crippen molar-refractivity contribution in [1.82, 2.24) is 24.7 Å². The van der Waals surface area contributed by atoms with Crippen molar-refractivity contribution in [3.05, 3.63) is 60.3 Å². The monoisotopic (exact) mass is 332 g/mol. The average molecular weight is 332 g/mol. The summed E-state index contributed by atoms with van der Waals surface area (Å²) in [6.07, 6.45) is 6.70. The van der Waals surface area contributed by atoms with E-state index in [0.717, 1.165) is 27.9 Å². The fourth-order valence-corrected chi connectivity index (χ4v) is 2.69. The van der Waals surface area contributed by atoms with E-state index >= 15 is 0 Å². The van der Waals surface area contributed by atoms with E-state index in [1.807, 2.05) is 31.2 Å². The van der Waals surface area contributed by atoms with Crippen LogP contribution in [0.15, 0.2) is 49.1 Å². The number of rotatable bonds is 3. The second-order valence-corrected chi connectivity index (χ2v) is 5.88. The number of carbonyl (C=O) groups excluding carboxylic acids is 1. The lowest BCUT2D eigenvalue weighted by molar-refractivity contribution is 0.102. The highest BCUT2D eigenvalue weighted by Gasteiger charge is 2.10. The van der Waals surface area contributed by atoms with Crippen LogP contribution in [0.25, 0.3) is 22.2 Å². The van der Waals surface area contributed by atoms with Crippen LogP contribution in [-0.4, -0.2) is 30.6 Å². The minimum atomic E-state index is -0.239. The summed E-state index contributed by atoms with van der Waals surface area (Å²) >= 11 is 0. The Hall–Kier alpha value is -3.48. The highest BCUT2D eigenvalue weighted by molar-refractivity contribution is 6.04. The van der Waals surface area contributed by atoms with E-state index in [-0.39, 0.29) is 5.91 Å². The van der Waals surface area contributed by atoms with Crippen molar-refractivity contribution < 1.29 is 4.79 Å². The SMILES string of the molecule is Cc1cc(-c2cc3cnc(NC(=O)c4cnn(C)c4)cc3[nH]2)ccn1. The Morgan fingerprint density at radius 1 is 1.20 bits per heavy atom. The topological polar surface area (TPSA) is 88.5 Å². The number of fused-ring (bicyclic) bond motifs is 1. The lowest BCUT2D eigenvalue weighted by Gasteiger charge is -2.02. The summed E-state index contributed by atoms with van der Waals surface area (Å²) in [5.74, 6) is 0.247. The second kappa shape index (κ2) is 5.86. The second-order valence-electron chi connectivity index (χ2n) is 5.88. The van der Waals surface area contributed by atoms with Crippen molar-refractivity contribution >= 4 is 22.6 Å². The van der Waals surface area contributed by atoms with Crippen LogP contribution in [0.3, 0.4) is 0 Å². The summed E-state index contributed by atoms with van der Waals surface area (Å²) in [7, 11) is 1.77. The molecule has 0 unspecified atom stereocenters. The molecule has 0 aliphatic heterocycles. The zero-order valence-corrected chi connectivity index (χ0v) is 13.8. The zero-order chi connectivity index (χ0) is 17.4. The van der Waals surface area contributed by atoms with E-state index in [1.165, 1.54) is 6.20 Å². The Morgan fingerprint density at radius 3 is 2.84 bits per heavy atom. The van der Waals surface area contributed by atoms with Gasteiger partial charge >= 0.3 is 0 Å². The number of anilines is 1. The highest BCUT2D eigenvalue weighted by atomic mass is 16.1. The molecule has 0 atom stereocenters. The molecular weight excluding hydrogens is 316 g/mol. The van der Waals surface area contributed by atoms with Crippen molar-refractivity contribution in [1.29, 1.82) is 0 Å². The Kier molecular flexibility index (Phi) is 3.53. The maximum Gasteiger partial charge on any atom is 0.260 e. The van der Waals surface area contributed by atoms with Gasteiger partial charge in [-0.15, -0.1) is 0 Å². The van der Waals surface area contributed by atoms with Gasteiger partial charge in [-0.1, -0.05) is 0 Å². The molecule has 0 aliphatic rings. The smallest absolute Gasteiger partial charge is 0.260 e. The molecule has 0 fully saturated rings. The summed E-state index contributed by atoms with van der Waals surface area (Å²) in [6, 6.07) is 7.82. The van der Waals surface area contributed by atoms with Crippen LogP contribution in [0.5, 0.6) is 0 Å². The zero-order valence-electron chi connectivity index (χ0n) is 13.8. The number of nitrogens with zero attached hydrogens (tertiary/aromatic N) is 4. The summed E-state index contributed by atoms with van der Waals surface area (Å²) < 4.78 is 1.58. The van der Waals surface area contributed by atoms with Crippen molar-refractivity contribution in [2.75, 3.05) is 5.32 Å². The predicted octanol–water partition coefficient (Wildman–Crippen LogP) is 2.92. The normalized spacial score (nSPS) is 11.0. The molecule has 25 heavy (non-hydrogen) atoms. The largest absolute Gasteiger partial charge is 0.354 e.